The second-order valence-corrected chi connectivity index (χ2v) is 5.01. The molecule has 1 unspecified atom stereocenters. The van der Waals surface area contributed by atoms with E-state index in [4.69, 9.17) is 5.73 Å². The van der Waals surface area contributed by atoms with E-state index in [-0.39, 0.29) is 24.2 Å². The van der Waals surface area contributed by atoms with Gasteiger partial charge in [-0.1, -0.05) is 13.8 Å². The number of rotatable bonds is 3. The first-order valence-corrected chi connectivity index (χ1v) is 6.13. The third-order valence-electron chi connectivity index (χ3n) is 3.04. The molecule has 0 aliphatic heterocycles. The van der Waals surface area contributed by atoms with E-state index in [0.717, 1.165) is 22.3 Å². The Morgan fingerprint density at radius 3 is 2.63 bits per heavy atom. The van der Waals surface area contributed by atoms with Crippen LogP contribution in [0.3, 0.4) is 0 Å². The molecule has 1 heterocycles. The molecule has 0 aliphatic rings. The van der Waals surface area contributed by atoms with E-state index < -0.39 is 6.04 Å². The lowest BCUT2D eigenvalue weighted by Gasteiger charge is -2.15. The zero-order valence-corrected chi connectivity index (χ0v) is 12.2. The Hall–Kier alpha value is -1.52. The number of fused-ring (bicyclic) bond motifs is 1. The summed E-state index contributed by atoms with van der Waals surface area (Å²) in [5.41, 5.74) is 8.76. The molecule has 0 aliphatic carbocycles. The van der Waals surface area contributed by atoms with Gasteiger partial charge in [-0.15, -0.1) is 12.4 Å². The molecular weight excluding hydrogens is 262 g/mol. The van der Waals surface area contributed by atoms with Crippen LogP contribution in [0.2, 0.25) is 0 Å². The van der Waals surface area contributed by atoms with E-state index in [2.05, 4.69) is 10.3 Å². The monoisotopic (exact) mass is 281 g/mol. The highest BCUT2D eigenvalue weighted by molar-refractivity contribution is 5.97. The zero-order valence-electron chi connectivity index (χ0n) is 11.4. The van der Waals surface area contributed by atoms with Gasteiger partial charge in [0, 0.05) is 22.3 Å². The van der Waals surface area contributed by atoms with Gasteiger partial charge in [0.2, 0.25) is 5.91 Å². The molecule has 0 fully saturated rings. The number of aromatic nitrogens is 1. The maximum Gasteiger partial charge on any atom is 0.241 e. The molecule has 5 heteroatoms. The largest absolute Gasteiger partial charge is 0.359 e. The molecule has 19 heavy (non-hydrogen) atoms. The van der Waals surface area contributed by atoms with Gasteiger partial charge >= 0.3 is 0 Å². The van der Waals surface area contributed by atoms with Crippen LogP contribution in [0.25, 0.3) is 10.9 Å². The first-order valence-electron chi connectivity index (χ1n) is 6.13. The summed E-state index contributed by atoms with van der Waals surface area (Å²) in [5, 5.41) is 3.93. The summed E-state index contributed by atoms with van der Waals surface area (Å²) in [6.45, 7) is 5.87. The number of carbonyl (C=O) groups is 1. The SMILES string of the molecule is Cc1cc2cc(NC(=O)C(N)C(C)C)ccc2[nH]1.Cl. The highest BCUT2D eigenvalue weighted by Crippen LogP contribution is 2.20. The van der Waals surface area contributed by atoms with Gasteiger partial charge in [0.1, 0.15) is 0 Å². The number of hydrogen-bond acceptors (Lipinski definition) is 2. The van der Waals surface area contributed by atoms with Gasteiger partial charge in [-0.2, -0.15) is 0 Å². The fourth-order valence-corrected chi connectivity index (χ4v) is 1.88. The van der Waals surface area contributed by atoms with E-state index in [9.17, 15) is 4.79 Å². The number of halogens is 1. The first-order chi connectivity index (χ1) is 8.47. The Morgan fingerprint density at radius 1 is 1.32 bits per heavy atom. The normalized spacial score (nSPS) is 12.3. The summed E-state index contributed by atoms with van der Waals surface area (Å²) in [7, 11) is 0. The van der Waals surface area contributed by atoms with Crippen LogP contribution in [0, 0.1) is 12.8 Å². The minimum atomic E-state index is -0.478. The molecule has 1 aromatic heterocycles. The molecule has 1 aromatic carbocycles. The molecule has 0 saturated carbocycles. The van der Waals surface area contributed by atoms with Crippen LogP contribution < -0.4 is 11.1 Å². The molecule has 1 atom stereocenters. The Morgan fingerprint density at radius 2 is 2.00 bits per heavy atom. The standard InChI is InChI=1S/C14H19N3O.ClH/c1-8(2)13(15)14(18)17-11-4-5-12-10(7-11)6-9(3)16-12;/h4-8,13,16H,15H2,1-3H3,(H,17,18);1H. The number of nitrogens with one attached hydrogen (secondary N) is 2. The van der Waals surface area contributed by atoms with Gasteiger partial charge in [-0.05, 0) is 37.1 Å². The lowest BCUT2D eigenvalue weighted by molar-refractivity contribution is -0.118. The van der Waals surface area contributed by atoms with E-state index in [0.29, 0.717) is 0 Å². The summed E-state index contributed by atoms with van der Waals surface area (Å²) in [4.78, 5) is 15.1. The molecule has 0 radical (unpaired) electrons. The number of H-pyrrole nitrogens is 1. The summed E-state index contributed by atoms with van der Waals surface area (Å²) in [6.07, 6.45) is 0. The molecule has 4 N–H and O–H groups in total. The van der Waals surface area contributed by atoms with Gasteiger partial charge in [-0.3, -0.25) is 4.79 Å². The van der Waals surface area contributed by atoms with Gasteiger partial charge < -0.3 is 16.0 Å². The molecule has 0 saturated heterocycles. The average Bonchev–Trinajstić information content (AvgIpc) is 2.67. The van der Waals surface area contributed by atoms with Gasteiger partial charge in [0.25, 0.3) is 0 Å². The first kappa shape index (κ1) is 15.5. The topological polar surface area (TPSA) is 70.9 Å². The van der Waals surface area contributed by atoms with Gasteiger partial charge in [0.05, 0.1) is 6.04 Å². The number of aromatic amines is 1. The Bertz CT molecular complexity index is 577. The number of carbonyl (C=O) groups excluding carboxylic acids is 1. The molecule has 2 rings (SSSR count). The van der Waals surface area contributed by atoms with Crippen molar-refractivity contribution in [1.29, 1.82) is 0 Å². The predicted octanol–water partition coefficient (Wildman–Crippen LogP) is 2.82. The average molecular weight is 282 g/mol. The molecule has 0 spiro atoms. The zero-order chi connectivity index (χ0) is 13.3. The summed E-state index contributed by atoms with van der Waals surface area (Å²) in [6, 6.07) is 7.35. The Balaban J connectivity index is 0.00000180. The van der Waals surface area contributed by atoms with Gasteiger partial charge in [-0.25, -0.2) is 0 Å². The van der Waals surface area contributed by atoms with Crippen LogP contribution >= 0.6 is 12.4 Å². The van der Waals surface area contributed by atoms with Gasteiger partial charge in [0.15, 0.2) is 0 Å². The Labute approximate surface area is 119 Å². The van der Waals surface area contributed by atoms with Crippen molar-refractivity contribution in [3.05, 3.63) is 30.0 Å². The maximum absolute atomic E-state index is 11.9. The minimum absolute atomic E-state index is 0. The molecule has 0 bridgehead atoms. The second-order valence-electron chi connectivity index (χ2n) is 5.01. The number of benzene rings is 1. The molecular formula is C14H20ClN3O. The summed E-state index contributed by atoms with van der Waals surface area (Å²) >= 11 is 0. The molecule has 104 valence electrons. The third kappa shape index (κ3) is 3.49. The van der Waals surface area contributed by atoms with E-state index in [1.54, 1.807) is 0 Å². The Kier molecular flexibility index (Phi) is 4.97. The molecule has 4 nitrogen and oxygen atoms in total. The van der Waals surface area contributed by atoms with Crippen LogP contribution in [0.4, 0.5) is 5.69 Å². The van der Waals surface area contributed by atoms with Crippen LogP contribution in [-0.2, 0) is 4.79 Å². The van der Waals surface area contributed by atoms with Crippen molar-refractivity contribution < 1.29 is 4.79 Å². The maximum atomic E-state index is 11.9. The van der Waals surface area contributed by atoms with Crippen LogP contribution in [-0.4, -0.2) is 16.9 Å². The molecule has 1 amide bonds. The van der Waals surface area contributed by atoms with Crippen molar-refractivity contribution in [3.8, 4) is 0 Å². The number of anilines is 1. The van der Waals surface area contributed by atoms with Crippen LogP contribution in [0.5, 0.6) is 0 Å². The number of nitrogens with two attached hydrogens (primary N) is 1. The van der Waals surface area contributed by atoms with Crippen LogP contribution in [0.15, 0.2) is 24.3 Å². The third-order valence-corrected chi connectivity index (χ3v) is 3.04. The smallest absolute Gasteiger partial charge is 0.241 e. The van der Waals surface area contributed by atoms with Crippen molar-refractivity contribution in [2.24, 2.45) is 11.7 Å². The quantitative estimate of drug-likeness (QED) is 0.809. The minimum Gasteiger partial charge on any atom is -0.359 e. The van der Waals surface area contributed by atoms with Crippen molar-refractivity contribution in [2.45, 2.75) is 26.8 Å². The number of aryl methyl sites for hydroxylation is 1. The summed E-state index contributed by atoms with van der Waals surface area (Å²) < 4.78 is 0. The number of hydrogen-bond donors (Lipinski definition) is 3. The van der Waals surface area contributed by atoms with E-state index in [1.165, 1.54) is 0 Å². The highest BCUT2D eigenvalue weighted by Gasteiger charge is 2.17. The highest BCUT2D eigenvalue weighted by atomic mass is 35.5. The van der Waals surface area contributed by atoms with Crippen molar-refractivity contribution >= 4 is 34.9 Å². The fraction of sp³-hybridized carbons (Fsp3) is 0.357. The van der Waals surface area contributed by atoms with Crippen molar-refractivity contribution in [3.63, 3.8) is 0 Å². The predicted molar refractivity (Wildman–Crippen MR) is 81.7 cm³/mol. The summed E-state index contributed by atoms with van der Waals surface area (Å²) in [5.74, 6) is -0.0140. The number of amides is 1. The fourth-order valence-electron chi connectivity index (χ4n) is 1.88. The van der Waals surface area contributed by atoms with Crippen molar-refractivity contribution in [2.75, 3.05) is 5.32 Å². The van der Waals surface area contributed by atoms with Crippen molar-refractivity contribution in [1.82, 2.24) is 4.98 Å². The second kappa shape index (κ2) is 6.08. The lowest BCUT2D eigenvalue weighted by Crippen LogP contribution is -2.39. The van der Waals surface area contributed by atoms with Crippen LogP contribution in [0.1, 0.15) is 19.5 Å². The van der Waals surface area contributed by atoms with E-state index >= 15 is 0 Å². The van der Waals surface area contributed by atoms with E-state index in [1.807, 2.05) is 45.0 Å². The lowest BCUT2D eigenvalue weighted by atomic mass is 10.0. The molecule has 2 aromatic rings.